The van der Waals surface area contributed by atoms with Crippen LogP contribution in [0.25, 0.3) is 5.57 Å². The molecule has 0 saturated carbocycles. The van der Waals surface area contributed by atoms with Crippen molar-refractivity contribution in [2.24, 2.45) is 10.7 Å². The number of benzene rings is 2. The highest BCUT2D eigenvalue weighted by Gasteiger charge is 2.20. The Morgan fingerprint density at radius 3 is 2.59 bits per heavy atom. The predicted molar refractivity (Wildman–Crippen MR) is 91.6 cm³/mol. The number of nitrogens with two attached hydrogens (primary N) is 1. The molecule has 0 fully saturated rings. The van der Waals surface area contributed by atoms with E-state index in [1.807, 2.05) is 48.5 Å². The Hall–Kier alpha value is -2.75. The number of methoxy groups -OCH3 is 1. The maximum atomic E-state index is 6.31. The van der Waals surface area contributed by atoms with Crippen LogP contribution in [0, 0.1) is 0 Å². The van der Waals surface area contributed by atoms with Crippen molar-refractivity contribution in [1.82, 2.24) is 0 Å². The molecular formula is C18H19N3O. The maximum absolute atomic E-state index is 6.31. The molecule has 3 rings (SSSR count). The minimum atomic E-state index is 0.499. The van der Waals surface area contributed by atoms with Crippen LogP contribution < -0.4 is 15.8 Å². The van der Waals surface area contributed by atoms with Gasteiger partial charge in [-0.25, -0.2) is 4.99 Å². The van der Waals surface area contributed by atoms with Crippen LogP contribution in [-0.2, 0) is 0 Å². The van der Waals surface area contributed by atoms with Gasteiger partial charge in [0, 0.05) is 16.8 Å². The first kappa shape index (κ1) is 14.2. The van der Waals surface area contributed by atoms with Gasteiger partial charge >= 0.3 is 0 Å². The van der Waals surface area contributed by atoms with Crippen molar-refractivity contribution >= 4 is 22.8 Å². The van der Waals surface area contributed by atoms with Gasteiger partial charge in [0.15, 0.2) is 0 Å². The predicted octanol–water partition coefficient (Wildman–Crippen LogP) is 3.93. The molecule has 4 heteroatoms. The van der Waals surface area contributed by atoms with Crippen molar-refractivity contribution in [3.8, 4) is 5.75 Å². The largest absolute Gasteiger partial charge is 0.496 e. The molecule has 1 heterocycles. The molecule has 0 radical (unpaired) electrons. The van der Waals surface area contributed by atoms with Crippen LogP contribution in [0.15, 0.2) is 59.2 Å². The summed E-state index contributed by atoms with van der Waals surface area (Å²) < 4.78 is 5.49. The Morgan fingerprint density at radius 1 is 1.09 bits per heavy atom. The molecule has 0 saturated heterocycles. The van der Waals surface area contributed by atoms with Gasteiger partial charge in [-0.05, 0) is 24.6 Å². The summed E-state index contributed by atoms with van der Waals surface area (Å²) in [6.07, 6.45) is 0.817. The Kier molecular flexibility index (Phi) is 3.83. The number of amidine groups is 1. The summed E-state index contributed by atoms with van der Waals surface area (Å²) in [7, 11) is 1.66. The molecule has 0 unspecified atom stereocenters. The number of aliphatic imine (C=N–C) groups is 1. The highest BCUT2D eigenvalue weighted by Crippen LogP contribution is 2.36. The number of rotatable bonds is 3. The lowest BCUT2D eigenvalue weighted by molar-refractivity contribution is 0.413. The quantitative estimate of drug-likeness (QED) is 0.901. The zero-order chi connectivity index (χ0) is 15.5. The fourth-order valence-electron chi connectivity index (χ4n) is 2.66. The van der Waals surface area contributed by atoms with Gasteiger partial charge in [-0.2, -0.15) is 0 Å². The van der Waals surface area contributed by atoms with E-state index in [4.69, 9.17) is 10.5 Å². The van der Waals surface area contributed by atoms with Crippen LogP contribution in [0.4, 0.5) is 11.4 Å². The van der Waals surface area contributed by atoms with Gasteiger partial charge in [0.1, 0.15) is 11.6 Å². The van der Waals surface area contributed by atoms with Crippen LogP contribution in [0.3, 0.4) is 0 Å². The third-order valence-corrected chi connectivity index (χ3v) is 3.72. The molecule has 0 aliphatic carbocycles. The smallest absolute Gasteiger partial charge is 0.133 e. The SMILES string of the molecule is CCC1=C(c2ccccc2OC)C(N)=Nc2ccccc2N1. The number of fused-ring (bicyclic) bond motifs is 1. The molecule has 112 valence electrons. The zero-order valence-electron chi connectivity index (χ0n) is 12.8. The summed E-state index contributed by atoms with van der Waals surface area (Å²) in [6, 6.07) is 15.8. The summed E-state index contributed by atoms with van der Waals surface area (Å²) in [5, 5.41) is 3.47. The molecule has 0 spiro atoms. The second-order valence-electron chi connectivity index (χ2n) is 5.05. The fraction of sp³-hybridized carbons (Fsp3) is 0.167. The molecule has 22 heavy (non-hydrogen) atoms. The number of para-hydroxylation sites is 3. The minimum absolute atomic E-state index is 0.499. The van der Waals surface area contributed by atoms with Gasteiger partial charge in [-0.15, -0.1) is 0 Å². The highest BCUT2D eigenvalue weighted by molar-refractivity contribution is 6.25. The zero-order valence-corrected chi connectivity index (χ0v) is 12.8. The van der Waals surface area contributed by atoms with E-state index in [0.717, 1.165) is 40.4 Å². The average molecular weight is 293 g/mol. The number of hydrogen-bond acceptors (Lipinski definition) is 4. The Labute approximate surface area is 130 Å². The van der Waals surface area contributed by atoms with E-state index in [9.17, 15) is 0 Å². The number of hydrogen-bond donors (Lipinski definition) is 2. The van der Waals surface area contributed by atoms with Crippen LogP contribution in [0.2, 0.25) is 0 Å². The van der Waals surface area contributed by atoms with Gasteiger partial charge in [0.25, 0.3) is 0 Å². The molecule has 2 aromatic carbocycles. The van der Waals surface area contributed by atoms with Gasteiger partial charge in [-0.3, -0.25) is 0 Å². The van der Waals surface area contributed by atoms with E-state index in [1.54, 1.807) is 7.11 Å². The number of nitrogens with zero attached hydrogens (tertiary/aromatic N) is 1. The van der Waals surface area contributed by atoms with Crippen molar-refractivity contribution in [3.63, 3.8) is 0 Å². The first-order chi connectivity index (χ1) is 10.7. The van der Waals surface area contributed by atoms with E-state index in [1.165, 1.54) is 0 Å². The molecule has 1 aliphatic rings. The topological polar surface area (TPSA) is 59.6 Å². The molecule has 0 amide bonds. The van der Waals surface area contributed by atoms with Crippen molar-refractivity contribution in [3.05, 3.63) is 59.8 Å². The summed E-state index contributed by atoms with van der Waals surface area (Å²) in [4.78, 5) is 4.59. The van der Waals surface area contributed by atoms with Crippen LogP contribution in [0.5, 0.6) is 5.75 Å². The monoisotopic (exact) mass is 293 g/mol. The molecule has 0 atom stereocenters. The molecule has 2 aromatic rings. The standard InChI is InChI=1S/C18H19N3O/c1-3-13-17(12-8-4-7-11-16(12)22-2)18(19)21-15-10-6-5-9-14(15)20-13/h4-11,20H,3H2,1-2H3,(H2,19,21). The fourth-order valence-corrected chi connectivity index (χ4v) is 2.66. The molecule has 0 bridgehead atoms. The van der Waals surface area contributed by atoms with Crippen LogP contribution >= 0.6 is 0 Å². The second kappa shape index (κ2) is 5.93. The van der Waals surface area contributed by atoms with Gasteiger partial charge in [0.2, 0.25) is 0 Å². The van der Waals surface area contributed by atoms with Crippen molar-refractivity contribution in [1.29, 1.82) is 0 Å². The average Bonchev–Trinajstić information content (AvgIpc) is 2.70. The lowest BCUT2D eigenvalue weighted by atomic mass is 10.00. The van der Waals surface area contributed by atoms with Crippen molar-refractivity contribution in [2.75, 3.05) is 12.4 Å². The third-order valence-electron chi connectivity index (χ3n) is 3.72. The molecule has 1 aliphatic heterocycles. The summed E-state index contributed by atoms with van der Waals surface area (Å²) in [6.45, 7) is 2.10. The normalized spacial score (nSPS) is 13.8. The van der Waals surface area contributed by atoms with Crippen LogP contribution in [0.1, 0.15) is 18.9 Å². The Bertz CT molecular complexity index is 762. The molecular weight excluding hydrogens is 274 g/mol. The summed E-state index contributed by atoms with van der Waals surface area (Å²) >= 11 is 0. The summed E-state index contributed by atoms with van der Waals surface area (Å²) in [5.74, 6) is 1.29. The number of nitrogens with one attached hydrogen (secondary N) is 1. The van der Waals surface area contributed by atoms with Crippen LogP contribution in [-0.4, -0.2) is 12.9 Å². The van der Waals surface area contributed by atoms with Gasteiger partial charge < -0.3 is 15.8 Å². The maximum Gasteiger partial charge on any atom is 0.133 e. The lowest BCUT2D eigenvalue weighted by Gasteiger charge is -2.16. The van der Waals surface area contributed by atoms with E-state index in [-0.39, 0.29) is 0 Å². The second-order valence-corrected chi connectivity index (χ2v) is 5.05. The van der Waals surface area contributed by atoms with Gasteiger partial charge in [0.05, 0.1) is 18.5 Å². The third kappa shape index (κ3) is 2.44. The first-order valence-corrected chi connectivity index (χ1v) is 7.31. The molecule has 3 N–H and O–H groups in total. The van der Waals surface area contributed by atoms with E-state index < -0.39 is 0 Å². The van der Waals surface area contributed by atoms with Crippen molar-refractivity contribution in [2.45, 2.75) is 13.3 Å². The van der Waals surface area contributed by atoms with Crippen molar-refractivity contribution < 1.29 is 4.74 Å². The highest BCUT2D eigenvalue weighted by atomic mass is 16.5. The lowest BCUT2D eigenvalue weighted by Crippen LogP contribution is -2.17. The number of ether oxygens (including phenoxy) is 1. The number of allylic oxidation sites excluding steroid dienone is 1. The Morgan fingerprint density at radius 2 is 1.82 bits per heavy atom. The molecule has 4 nitrogen and oxygen atoms in total. The first-order valence-electron chi connectivity index (χ1n) is 7.31. The van der Waals surface area contributed by atoms with E-state index in [0.29, 0.717) is 5.84 Å². The Balaban J connectivity index is 2.22. The van der Waals surface area contributed by atoms with Gasteiger partial charge in [-0.1, -0.05) is 37.3 Å². The summed E-state index contributed by atoms with van der Waals surface area (Å²) in [5.41, 5.74) is 11.0. The van der Waals surface area contributed by atoms with E-state index in [2.05, 4.69) is 17.2 Å². The number of anilines is 1. The molecule has 0 aromatic heterocycles. The minimum Gasteiger partial charge on any atom is -0.496 e. The van der Waals surface area contributed by atoms with E-state index >= 15 is 0 Å².